The van der Waals surface area contributed by atoms with E-state index in [1.165, 1.54) is 27.8 Å². The predicted molar refractivity (Wildman–Crippen MR) is 159 cm³/mol. The number of hydrogen-bond acceptors (Lipinski definition) is 3. The molecule has 0 aliphatic rings. The number of rotatable bonds is 11. The quantitative estimate of drug-likeness (QED) is 0.278. The Hall–Kier alpha value is -2.75. The molecule has 0 saturated carbocycles. The van der Waals surface area contributed by atoms with E-state index in [2.05, 4.69) is 97.0 Å². The molecule has 0 heterocycles. The molecule has 3 rings (SSSR count). The molecule has 0 amide bonds. The van der Waals surface area contributed by atoms with Crippen molar-refractivity contribution in [2.45, 2.75) is 92.1 Å². The third kappa shape index (κ3) is 6.62. The molecule has 3 nitrogen and oxygen atoms in total. The molecule has 3 heteroatoms. The SMILES string of the molecule is CCC(CC)(c1ccc(CCC(O)C(C)(C)C)c(C)c1)c1ccc(-c2cccc(CC(=O)CO)c2)c(C)c1. The van der Waals surface area contributed by atoms with E-state index in [4.69, 9.17) is 5.11 Å². The van der Waals surface area contributed by atoms with Gasteiger partial charge in [0.25, 0.3) is 0 Å². The number of aliphatic hydroxyl groups excluding tert-OH is 2. The van der Waals surface area contributed by atoms with Crippen LogP contribution in [0.1, 0.15) is 87.3 Å². The van der Waals surface area contributed by atoms with Gasteiger partial charge in [-0.05, 0) is 89.5 Å². The van der Waals surface area contributed by atoms with Crippen molar-refractivity contribution in [1.29, 1.82) is 0 Å². The Labute approximate surface area is 229 Å². The zero-order chi connectivity index (χ0) is 28.1. The van der Waals surface area contributed by atoms with E-state index in [1.807, 2.05) is 12.1 Å². The van der Waals surface area contributed by atoms with Crippen LogP contribution >= 0.6 is 0 Å². The van der Waals surface area contributed by atoms with Crippen molar-refractivity contribution in [1.82, 2.24) is 0 Å². The lowest BCUT2D eigenvalue weighted by molar-refractivity contribution is -0.121. The second-order valence-corrected chi connectivity index (χ2v) is 12.0. The van der Waals surface area contributed by atoms with Crippen LogP contribution in [-0.2, 0) is 23.1 Å². The Balaban J connectivity index is 1.92. The lowest BCUT2D eigenvalue weighted by atomic mass is 9.69. The average Bonchev–Trinajstić information content (AvgIpc) is 2.88. The van der Waals surface area contributed by atoms with Gasteiger partial charge in [0.1, 0.15) is 6.61 Å². The van der Waals surface area contributed by atoms with Gasteiger partial charge in [0, 0.05) is 11.8 Å². The number of aryl methyl sites for hydroxylation is 3. The van der Waals surface area contributed by atoms with Gasteiger partial charge in [-0.25, -0.2) is 0 Å². The molecule has 0 bridgehead atoms. The number of benzene rings is 3. The van der Waals surface area contributed by atoms with Crippen LogP contribution in [0.2, 0.25) is 0 Å². The highest BCUT2D eigenvalue weighted by atomic mass is 16.3. The van der Waals surface area contributed by atoms with Crippen LogP contribution in [0.25, 0.3) is 11.1 Å². The summed E-state index contributed by atoms with van der Waals surface area (Å²) >= 11 is 0. The normalized spacial score (nSPS) is 13.0. The Morgan fingerprint density at radius 3 is 2.05 bits per heavy atom. The lowest BCUT2D eigenvalue weighted by Crippen LogP contribution is -2.27. The molecule has 0 aliphatic carbocycles. The van der Waals surface area contributed by atoms with Crippen LogP contribution in [0.4, 0.5) is 0 Å². The number of aliphatic hydroxyl groups is 2. The van der Waals surface area contributed by atoms with E-state index < -0.39 is 6.61 Å². The van der Waals surface area contributed by atoms with Gasteiger partial charge in [0.15, 0.2) is 5.78 Å². The predicted octanol–water partition coefficient (Wildman–Crippen LogP) is 7.52. The summed E-state index contributed by atoms with van der Waals surface area (Å²) in [6, 6.07) is 21.8. The van der Waals surface area contributed by atoms with Crippen molar-refractivity contribution in [3.63, 3.8) is 0 Å². The first kappa shape index (κ1) is 29.8. The van der Waals surface area contributed by atoms with Gasteiger partial charge in [0.2, 0.25) is 0 Å². The molecule has 1 unspecified atom stereocenters. The summed E-state index contributed by atoms with van der Waals surface area (Å²) in [5.74, 6) is -0.170. The molecule has 2 N–H and O–H groups in total. The first-order valence-electron chi connectivity index (χ1n) is 14.1. The molecule has 204 valence electrons. The topological polar surface area (TPSA) is 57.5 Å². The van der Waals surface area contributed by atoms with Crippen molar-refractivity contribution < 1.29 is 15.0 Å². The van der Waals surface area contributed by atoms with Gasteiger partial charge in [0.05, 0.1) is 6.10 Å². The standard InChI is InChI=1S/C35H46O3/c1-8-35(9-2,29-15-13-27(24(3)19-29)14-18-33(38)34(5,6)7)30-16-17-32(25(4)20-30)28-12-10-11-26(21-28)22-31(37)23-36/h10-13,15-17,19-21,33,36,38H,8-9,14,18,22-23H2,1-7H3. The maximum atomic E-state index is 11.7. The van der Waals surface area contributed by atoms with Gasteiger partial charge in [-0.15, -0.1) is 0 Å². The maximum absolute atomic E-state index is 11.7. The minimum atomic E-state index is -0.423. The molecule has 0 saturated heterocycles. The number of Topliss-reactive ketones (excluding diaryl/α,β-unsaturated/α-hetero) is 1. The molecule has 0 aliphatic heterocycles. The van der Waals surface area contributed by atoms with E-state index in [9.17, 15) is 9.90 Å². The summed E-state index contributed by atoms with van der Waals surface area (Å²) in [6.07, 6.45) is 3.59. The largest absolute Gasteiger partial charge is 0.393 e. The molecule has 0 radical (unpaired) electrons. The Kier molecular flexibility index (Phi) is 9.73. The van der Waals surface area contributed by atoms with Crippen LogP contribution in [-0.4, -0.2) is 28.7 Å². The summed E-state index contributed by atoms with van der Waals surface area (Å²) in [6.45, 7) is 14.8. The van der Waals surface area contributed by atoms with Crippen molar-refractivity contribution >= 4 is 5.78 Å². The van der Waals surface area contributed by atoms with E-state index >= 15 is 0 Å². The van der Waals surface area contributed by atoms with Crippen LogP contribution in [0.5, 0.6) is 0 Å². The number of hydrogen-bond donors (Lipinski definition) is 2. The van der Waals surface area contributed by atoms with Crippen molar-refractivity contribution in [2.24, 2.45) is 5.41 Å². The highest BCUT2D eigenvalue weighted by Crippen LogP contribution is 2.41. The average molecular weight is 515 g/mol. The summed E-state index contributed by atoms with van der Waals surface area (Å²) < 4.78 is 0. The zero-order valence-corrected chi connectivity index (χ0v) is 24.4. The third-order valence-electron chi connectivity index (χ3n) is 8.38. The van der Waals surface area contributed by atoms with Crippen LogP contribution in [0, 0.1) is 19.3 Å². The molecule has 0 fully saturated rings. The highest BCUT2D eigenvalue weighted by Gasteiger charge is 2.31. The van der Waals surface area contributed by atoms with Crippen molar-refractivity contribution in [3.8, 4) is 11.1 Å². The summed E-state index contributed by atoms with van der Waals surface area (Å²) in [4.78, 5) is 11.7. The zero-order valence-electron chi connectivity index (χ0n) is 24.4. The molecule has 38 heavy (non-hydrogen) atoms. The molecule has 0 spiro atoms. The first-order chi connectivity index (χ1) is 17.9. The van der Waals surface area contributed by atoms with E-state index in [0.717, 1.165) is 42.4 Å². The minimum absolute atomic E-state index is 0.0765. The van der Waals surface area contributed by atoms with Crippen LogP contribution in [0.3, 0.4) is 0 Å². The number of carbonyl (C=O) groups is 1. The maximum Gasteiger partial charge on any atom is 0.162 e. The smallest absolute Gasteiger partial charge is 0.162 e. The number of carbonyl (C=O) groups excluding carboxylic acids is 1. The first-order valence-corrected chi connectivity index (χ1v) is 14.1. The van der Waals surface area contributed by atoms with Crippen LogP contribution in [0.15, 0.2) is 60.7 Å². The molecule has 3 aromatic carbocycles. The van der Waals surface area contributed by atoms with E-state index in [1.54, 1.807) is 0 Å². The molecule has 1 atom stereocenters. The molecular formula is C35H46O3. The fraction of sp³-hybridized carbons (Fsp3) is 0.457. The summed E-state index contributed by atoms with van der Waals surface area (Å²) in [5.41, 5.74) is 9.48. The Morgan fingerprint density at radius 1 is 0.868 bits per heavy atom. The molecular weight excluding hydrogens is 468 g/mol. The fourth-order valence-corrected chi connectivity index (χ4v) is 5.65. The van der Waals surface area contributed by atoms with Crippen molar-refractivity contribution in [2.75, 3.05) is 6.61 Å². The summed E-state index contributed by atoms with van der Waals surface area (Å²) in [5, 5.41) is 19.6. The second kappa shape index (κ2) is 12.4. The van der Waals surface area contributed by atoms with E-state index in [-0.39, 0.29) is 29.1 Å². The molecule has 3 aromatic rings. The highest BCUT2D eigenvalue weighted by molar-refractivity contribution is 5.82. The van der Waals surface area contributed by atoms with Gasteiger partial charge in [-0.2, -0.15) is 0 Å². The van der Waals surface area contributed by atoms with Gasteiger partial charge in [-0.3, -0.25) is 4.79 Å². The van der Waals surface area contributed by atoms with Gasteiger partial charge < -0.3 is 10.2 Å². The van der Waals surface area contributed by atoms with Crippen molar-refractivity contribution in [3.05, 3.63) is 94.0 Å². The summed E-state index contributed by atoms with van der Waals surface area (Å²) in [7, 11) is 0. The molecule has 0 aromatic heterocycles. The number of ketones is 1. The van der Waals surface area contributed by atoms with E-state index in [0.29, 0.717) is 0 Å². The van der Waals surface area contributed by atoms with Gasteiger partial charge >= 0.3 is 0 Å². The van der Waals surface area contributed by atoms with Crippen LogP contribution < -0.4 is 0 Å². The fourth-order valence-electron chi connectivity index (χ4n) is 5.65. The lowest BCUT2D eigenvalue weighted by Gasteiger charge is -2.34. The Morgan fingerprint density at radius 2 is 1.50 bits per heavy atom. The monoisotopic (exact) mass is 514 g/mol. The third-order valence-corrected chi connectivity index (χ3v) is 8.38. The van der Waals surface area contributed by atoms with Gasteiger partial charge in [-0.1, -0.05) is 95.3 Å². The second-order valence-electron chi connectivity index (χ2n) is 12.0. The Bertz CT molecular complexity index is 1240. The minimum Gasteiger partial charge on any atom is -0.393 e.